The first-order valence-electron chi connectivity index (χ1n) is 10.8. The van der Waals surface area contributed by atoms with E-state index in [9.17, 15) is 14.7 Å². The van der Waals surface area contributed by atoms with E-state index < -0.39 is 17.7 Å². The molecule has 0 radical (unpaired) electrons. The molecule has 0 bridgehead atoms. The molecule has 0 saturated carbocycles. The van der Waals surface area contributed by atoms with Gasteiger partial charge in [-0.3, -0.25) is 9.59 Å². The molecule has 1 amide bonds. The number of esters is 1. The molecule has 8 heteroatoms. The Bertz CT molecular complexity index is 1060. The highest BCUT2D eigenvalue weighted by molar-refractivity contribution is 5.90. The van der Waals surface area contributed by atoms with Crippen LogP contribution in [0.3, 0.4) is 0 Å². The van der Waals surface area contributed by atoms with Crippen LogP contribution in [0.1, 0.15) is 17.5 Å². The lowest BCUT2D eigenvalue weighted by Gasteiger charge is -2.39. The molecule has 1 aromatic heterocycles. The van der Waals surface area contributed by atoms with Gasteiger partial charge in [-0.2, -0.15) is 5.10 Å². The molecular weight excluding hydrogens is 420 g/mol. The Morgan fingerprint density at radius 3 is 2.27 bits per heavy atom. The fourth-order valence-electron chi connectivity index (χ4n) is 4.25. The largest absolute Gasteiger partial charge is 0.834 e. The normalized spacial score (nSPS) is 20.2. The number of hydrogen-bond donors (Lipinski definition) is 1. The van der Waals surface area contributed by atoms with Gasteiger partial charge in [0, 0.05) is 18.2 Å². The Balaban J connectivity index is 1.45. The molecule has 1 aliphatic rings. The molecule has 170 valence electrons. The van der Waals surface area contributed by atoms with Crippen molar-refractivity contribution in [2.45, 2.75) is 18.1 Å². The Kier molecular flexibility index (Phi) is 6.48. The molecule has 1 unspecified atom stereocenters. The predicted molar refractivity (Wildman–Crippen MR) is 120 cm³/mol. The van der Waals surface area contributed by atoms with Gasteiger partial charge in [0.1, 0.15) is 6.54 Å². The molecule has 2 atom stereocenters. The zero-order chi connectivity index (χ0) is 23.3. The van der Waals surface area contributed by atoms with Gasteiger partial charge >= 0.3 is 5.97 Å². The maximum atomic E-state index is 14.0. The third-order valence-electron chi connectivity index (χ3n) is 5.92. The summed E-state index contributed by atoms with van der Waals surface area (Å²) < 4.78 is 6.15. The van der Waals surface area contributed by atoms with Crippen LogP contribution in [0.4, 0.5) is 5.82 Å². The van der Waals surface area contributed by atoms with E-state index in [1.807, 2.05) is 7.05 Å². The Morgan fingerprint density at radius 2 is 1.70 bits per heavy atom. The van der Waals surface area contributed by atoms with E-state index in [2.05, 4.69) is 15.5 Å². The second kappa shape index (κ2) is 9.48. The van der Waals surface area contributed by atoms with Crippen LogP contribution in [0.5, 0.6) is 0 Å². The summed E-state index contributed by atoms with van der Waals surface area (Å²) in [5.74, 6) is -0.641. The SMILES string of the molecule is C[N+]1(CC(=O)Nc2cccnn2)CC[C@@H](OC(=O)C([O-])(c2ccccc2)c2ccccc2)C1. The summed E-state index contributed by atoms with van der Waals surface area (Å²) in [5.41, 5.74) is -1.50. The molecule has 1 N–H and O–H groups in total. The second-order valence-electron chi connectivity index (χ2n) is 8.57. The number of rotatable bonds is 7. The van der Waals surface area contributed by atoms with Crippen LogP contribution in [-0.4, -0.2) is 59.3 Å². The van der Waals surface area contributed by atoms with Gasteiger partial charge in [-0.25, -0.2) is 0 Å². The number of amides is 1. The first-order valence-corrected chi connectivity index (χ1v) is 10.8. The lowest BCUT2D eigenvalue weighted by Crippen LogP contribution is -2.52. The summed E-state index contributed by atoms with van der Waals surface area (Å²) in [7, 11) is 1.93. The number of carbonyl (C=O) groups is 2. The Labute approximate surface area is 192 Å². The van der Waals surface area contributed by atoms with Crippen molar-refractivity contribution in [1.82, 2.24) is 10.2 Å². The number of nitrogens with one attached hydrogen (secondary N) is 1. The fraction of sp³-hybridized carbons (Fsp3) is 0.280. The van der Waals surface area contributed by atoms with Gasteiger partial charge in [-0.05, 0) is 23.3 Å². The Hall–Kier alpha value is -3.62. The average Bonchev–Trinajstić information content (AvgIpc) is 3.19. The van der Waals surface area contributed by atoms with Crippen molar-refractivity contribution in [2.75, 3.05) is 32.0 Å². The third-order valence-corrected chi connectivity index (χ3v) is 5.92. The molecule has 1 fully saturated rings. The van der Waals surface area contributed by atoms with Gasteiger partial charge in [0.15, 0.2) is 18.5 Å². The molecule has 0 aliphatic carbocycles. The smallest absolute Gasteiger partial charge is 0.304 e. The van der Waals surface area contributed by atoms with Crippen LogP contribution >= 0.6 is 0 Å². The minimum Gasteiger partial charge on any atom is -0.834 e. The number of ether oxygens (including phenoxy) is 1. The molecule has 2 aromatic carbocycles. The molecule has 0 spiro atoms. The monoisotopic (exact) mass is 446 g/mol. The molecule has 3 aromatic rings. The summed E-state index contributed by atoms with van der Waals surface area (Å²) in [6.45, 7) is 1.29. The van der Waals surface area contributed by atoms with Gasteiger partial charge in [0.2, 0.25) is 0 Å². The molecule has 4 rings (SSSR count). The van der Waals surface area contributed by atoms with E-state index >= 15 is 0 Å². The summed E-state index contributed by atoms with van der Waals surface area (Å²) in [5, 5.41) is 24.3. The topological polar surface area (TPSA) is 104 Å². The van der Waals surface area contributed by atoms with Crippen LogP contribution in [0, 0.1) is 0 Å². The number of carbonyl (C=O) groups excluding carboxylic acids is 2. The first-order chi connectivity index (χ1) is 15.9. The zero-order valence-electron chi connectivity index (χ0n) is 18.4. The van der Waals surface area contributed by atoms with Crippen molar-refractivity contribution >= 4 is 17.7 Å². The number of nitrogens with zero attached hydrogens (tertiary/aromatic N) is 3. The van der Waals surface area contributed by atoms with Gasteiger partial charge in [-0.15, -0.1) is 5.10 Å². The number of anilines is 1. The van der Waals surface area contributed by atoms with Crippen molar-refractivity contribution in [3.05, 3.63) is 90.1 Å². The van der Waals surface area contributed by atoms with Crippen molar-refractivity contribution in [1.29, 1.82) is 0 Å². The van der Waals surface area contributed by atoms with Gasteiger partial charge in [-0.1, -0.05) is 60.7 Å². The van der Waals surface area contributed by atoms with E-state index in [0.717, 1.165) is 0 Å². The quantitative estimate of drug-likeness (QED) is 0.436. The molecular formula is C25H26N4O4. The van der Waals surface area contributed by atoms with Crippen LogP contribution in [0.2, 0.25) is 0 Å². The van der Waals surface area contributed by atoms with E-state index in [1.54, 1.807) is 72.8 Å². The number of hydrogen-bond acceptors (Lipinski definition) is 6. The summed E-state index contributed by atoms with van der Waals surface area (Å²) >= 11 is 0. The van der Waals surface area contributed by atoms with E-state index in [0.29, 0.717) is 40.9 Å². The zero-order valence-corrected chi connectivity index (χ0v) is 18.4. The second-order valence-corrected chi connectivity index (χ2v) is 8.57. The first kappa shape index (κ1) is 22.6. The number of likely N-dealkylation sites (tertiary alicyclic amines) is 1. The average molecular weight is 447 g/mol. The molecule has 33 heavy (non-hydrogen) atoms. The van der Waals surface area contributed by atoms with Gasteiger partial charge < -0.3 is 19.6 Å². The highest BCUT2D eigenvalue weighted by atomic mass is 16.6. The van der Waals surface area contributed by atoms with E-state index in [-0.39, 0.29) is 12.5 Å². The van der Waals surface area contributed by atoms with Crippen molar-refractivity contribution in [3.8, 4) is 0 Å². The maximum absolute atomic E-state index is 14.0. The fourth-order valence-corrected chi connectivity index (χ4v) is 4.25. The number of likely N-dealkylation sites (N-methyl/N-ethyl adjacent to an activating group) is 1. The van der Waals surface area contributed by atoms with Crippen molar-refractivity contribution in [2.24, 2.45) is 0 Å². The number of benzene rings is 2. The molecule has 1 aliphatic heterocycles. The third kappa shape index (κ3) is 5.08. The molecule has 2 heterocycles. The van der Waals surface area contributed by atoms with E-state index in [4.69, 9.17) is 4.74 Å². The van der Waals surface area contributed by atoms with Gasteiger partial charge in [0.05, 0.1) is 13.6 Å². The summed E-state index contributed by atoms with van der Waals surface area (Å²) in [6.07, 6.45) is 1.65. The highest BCUT2D eigenvalue weighted by Gasteiger charge is 2.41. The summed E-state index contributed by atoms with van der Waals surface area (Å²) in [4.78, 5) is 25.7. The lowest BCUT2D eigenvalue weighted by atomic mass is 9.86. The van der Waals surface area contributed by atoms with Crippen molar-refractivity contribution in [3.63, 3.8) is 0 Å². The van der Waals surface area contributed by atoms with Gasteiger partial charge in [0.25, 0.3) is 5.91 Å². The van der Waals surface area contributed by atoms with Crippen LogP contribution in [0.25, 0.3) is 0 Å². The van der Waals surface area contributed by atoms with Crippen molar-refractivity contribution < 1.29 is 23.9 Å². The number of aromatic nitrogens is 2. The highest BCUT2D eigenvalue weighted by Crippen LogP contribution is 2.30. The maximum Gasteiger partial charge on any atom is 0.304 e. The molecule has 8 nitrogen and oxygen atoms in total. The van der Waals surface area contributed by atoms with Crippen LogP contribution < -0.4 is 10.4 Å². The predicted octanol–water partition coefficient (Wildman–Crippen LogP) is 1.48. The minimum atomic E-state index is -2.17. The standard InChI is InChI=1S/C25H26N4O4/c1-29(18-23(30)27-22-13-8-15-26-28-22)16-14-21(17-29)33-24(31)25(32,19-9-4-2-5-10-19)20-11-6-3-7-12-20/h2-13,15,21H,14,16-18H2,1H3,(H,27,28,30)/t21-,29?/m1/s1. The molecule has 1 saturated heterocycles. The lowest BCUT2D eigenvalue weighted by molar-refractivity contribution is -0.890. The summed E-state index contributed by atoms with van der Waals surface area (Å²) in [6, 6.07) is 20.5. The number of quaternary nitrogens is 1. The van der Waals surface area contributed by atoms with Crippen LogP contribution in [0.15, 0.2) is 79.0 Å². The van der Waals surface area contributed by atoms with Crippen LogP contribution in [-0.2, 0) is 19.9 Å². The minimum absolute atomic E-state index is 0.197. The van der Waals surface area contributed by atoms with E-state index in [1.165, 1.54) is 6.20 Å². The Morgan fingerprint density at radius 1 is 1.06 bits per heavy atom.